The molecule has 0 amide bonds. The van der Waals surface area contributed by atoms with E-state index in [2.05, 4.69) is 15.5 Å². The summed E-state index contributed by atoms with van der Waals surface area (Å²) in [6.07, 6.45) is 0. The van der Waals surface area contributed by atoms with Gasteiger partial charge in [-0.1, -0.05) is 23.2 Å². The molecule has 2 N–H and O–H groups in total. The van der Waals surface area contributed by atoms with Crippen molar-refractivity contribution in [1.29, 1.82) is 0 Å². The third-order valence-corrected chi connectivity index (χ3v) is 2.41. The molecule has 1 aromatic carbocycles. The van der Waals surface area contributed by atoms with E-state index in [0.717, 1.165) is 0 Å². The highest BCUT2D eigenvalue weighted by molar-refractivity contribution is 6.34. The Morgan fingerprint density at radius 1 is 1.33 bits per heavy atom. The molecule has 1 aromatic heterocycles. The van der Waals surface area contributed by atoms with Gasteiger partial charge in [-0.15, -0.1) is 5.10 Å². The van der Waals surface area contributed by atoms with Crippen LogP contribution in [0.15, 0.2) is 18.2 Å². The molecule has 15 heavy (non-hydrogen) atoms. The number of hydrogen-bond acceptors (Lipinski definition) is 4. The lowest BCUT2D eigenvalue weighted by Gasteiger charge is -2.05. The Hall–Kier alpha value is -1.17. The lowest BCUT2D eigenvalue weighted by Crippen LogP contribution is -2.08. The minimum absolute atomic E-state index is 0.232. The average Bonchev–Trinajstić information content (AvgIpc) is 2.69. The summed E-state index contributed by atoms with van der Waals surface area (Å²) in [6.45, 7) is 0.232. The highest BCUT2D eigenvalue weighted by atomic mass is 35.5. The highest BCUT2D eigenvalue weighted by Crippen LogP contribution is 2.23. The van der Waals surface area contributed by atoms with Crippen LogP contribution in [0.25, 0.3) is 5.69 Å². The summed E-state index contributed by atoms with van der Waals surface area (Å²) in [5.41, 5.74) is 6.10. The van der Waals surface area contributed by atoms with Crippen molar-refractivity contribution < 1.29 is 0 Å². The molecule has 1 heterocycles. The van der Waals surface area contributed by atoms with Gasteiger partial charge in [0.25, 0.3) is 0 Å². The number of halogens is 2. The normalized spacial score (nSPS) is 10.6. The molecule has 0 aliphatic heterocycles. The van der Waals surface area contributed by atoms with Crippen molar-refractivity contribution in [2.75, 3.05) is 0 Å². The summed E-state index contributed by atoms with van der Waals surface area (Å²) >= 11 is 11.9. The number of hydrogen-bond donors (Lipinski definition) is 1. The molecule has 0 bridgehead atoms. The Balaban J connectivity index is 2.58. The van der Waals surface area contributed by atoms with Gasteiger partial charge in [-0.2, -0.15) is 4.68 Å². The van der Waals surface area contributed by atoms with Crippen LogP contribution < -0.4 is 5.73 Å². The predicted molar refractivity (Wildman–Crippen MR) is 57.1 cm³/mol. The van der Waals surface area contributed by atoms with Crippen LogP contribution in [0.2, 0.25) is 10.0 Å². The summed E-state index contributed by atoms with van der Waals surface area (Å²) in [5, 5.41) is 12.1. The molecule has 0 fully saturated rings. The van der Waals surface area contributed by atoms with E-state index in [1.54, 1.807) is 18.2 Å². The maximum atomic E-state index is 6.00. The average molecular weight is 244 g/mol. The molecular formula is C8H7Cl2N5. The van der Waals surface area contributed by atoms with Gasteiger partial charge in [0.1, 0.15) is 0 Å². The first-order valence-electron chi connectivity index (χ1n) is 4.15. The zero-order chi connectivity index (χ0) is 10.8. The van der Waals surface area contributed by atoms with Crippen LogP contribution in [0.3, 0.4) is 0 Å². The molecule has 0 unspecified atom stereocenters. The van der Waals surface area contributed by atoms with Gasteiger partial charge < -0.3 is 5.73 Å². The molecule has 0 radical (unpaired) electrons. The molecule has 0 aliphatic carbocycles. The van der Waals surface area contributed by atoms with E-state index >= 15 is 0 Å². The maximum absolute atomic E-state index is 6.00. The third-order valence-electron chi connectivity index (χ3n) is 1.85. The Bertz CT molecular complexity index is 482. The first-order valence-corrected chi connectivity index (χ1v) is 4.90. The van der Waals surface area contributed by atoms with Crippen LogP contribution >= 0.6 is 23.2 Å². The van der Waals surface area contributed by atoms with Crippen LogP contribution in [0.4, 0.5) is 0 Å². The van der Waals surface area contributed by atoms with Crippen molar-refractivity contribution in [1.82, 2.24) is 20.2 Å². The summed E-state index contributed by atoms with van der Waals surface area (Å²) < 4.78 is 1.47. The zero-order valence-corrected chi connectivity index (χ0v) is 9.07. The number of tetrazole rings is 1. The highest BCUT2D eigenvalue weighted by Gasteiger charge is 2.10. The number of nitrogens with zero attached hydrogens (tertiary/aromatic N) is 4. The van der Waals surface area contributed by atoms with Crippen LogP contribution in [0.5, 0.6) is 0 Å². The van der Waals surface area contributed by atoms with Gasteiger partial charge in [-0.25, -0.2) is 0 Å². The number of nitrogens with two attached hydrogens (primary N) is 1. The predicted octanol–water partition coefficient (Wildman–Crippen LogP) is 1.43. The largest absolute Gasteiger partial charge is 0.324 e. The summed E-state index contributed by atoms with van der Waals surface area (Å²) in [6, 6.07) is 5.06. The van der Waals surface area contributed by atoms with E-state index in [1.807, 2.05) is 0 Å². The summed E-state index contributed by atoms with van der Waals surface area (Å²) in [7, 11) is 0. The fraction of sp³-hybridized carbons (Fsp3) is 0.125. The lowest BCUT2D eigenvalue weighted by molar-refractivity contribution is 0.761. The molecule has 2 rings (SSSR count). The van der Waals surface area contributed by atoms with Crippen LogP contribution in [0.1, 0.15) is 5.82 Å². The van der Waals surface area contributed by atoms with Crippen molar-refractivity contribution in [3.63, 3.8) is 0 Å². The van der Waals surface area contributed by atoms with Crippen molar-refractivity contribution >= 4 is 23.2 Å². The molecule has 0 saturated heterocycles. The molecule has 0 saturated carbocycles. The maximum Gasteiger partial charge on any atom is 0.170 e. The van der Waals surface area contributed by atoms with Gasteiger partial charge >= 0.3 is 0 Å². The van der Waals surface area contributed by atoms with Gasteiger partial charge in [-0.3, -0.25) is 0 Å². The van der Waals surface area contributed by atoms with Crippen molar-refractivity contribution in [3.05, 3.63) is 34.1 Å². The first-order chi connectivity index (χ1) is 7.22. The van der Waals surface area contributed by atoms with Crippen molar-refractivity contribution in [3.8, 4) is 5.69 Å². The minimum Gasteiger partial charge on any atom is -0.324 e. The second-order valence-electron chi connectivity index (χ2n) is 2.81. The fourth-order valence-corrected chi connectivity index (χ4v) is 1.53. The monoisotopic (exact) mass is 243 g/mol. The molecule has 0 atom stereocenters. The SMILES string of the molecule is NCc1nnnn1-c1cc(Cl)ccc1Cl. The summed E-state index contributed by atoms with van der Waals surface area (Å²) in [4.78, 5) is 0. The molecule has 0 spiro atoms. The van der Waals surface area contributed by atoms with Crippen LogP contribution in [-0.4, -0.2) is 20.2 Å². The number of rotatable bonds is 2. The zero-order valence-electron chi connectivity index (χ0n) is 7.56. The molecular weight excluding hydrogens is 237 g/mol. The van der Waals surface area contributed by atoms with E-state index in [4.69, 9.17) is 28.9 Å². The first kappa shape index (κ1) is 10.4. The second-order valence-corrected chi connectivity index (χ2v) is 3.65. The molecule has 0 aliphatic rings. The van der Waals surface area contributed by atoms with Gasteiger partial charge in [0.2, 0.25) is 0 Å². The minimum atomic E-state index is 0.232. The molecule has 7 heteroatoms. The Kier molecular flexibility index (Phi) is 2.86. The van der Waals surface area contributed by atoms with E-state index in [0.29, 0.717) is 21.6 Å². The van der Waals surface area contributed by atoms with Gasteiger partial charge in [0, 0.05) is 5.02 Å². The van der Waals surface area contributed by atoms with Crippen LogP contribution in [0, 0.1) is 0 Å². The smallest absolute Gasteiger partial charge is 0.170 e. The van der Waals surface area contributed by atoms with E-state index in [9.17, 15) is 0 Å². The van der Waals surface area contributed by atoms with Gasteiger partial charge in [0.05, 0.1) is 17.3 Å². The standard InChI is InChI=1S/C8H7Cl2N5/c9-5-1-2-6(10)7(3-5)15-8(4-11)12-13-14-15/h1-3H,4,11H2. The topological polar surface area (TPSA) is 69.6 Å². The van der Waals surface area contributed by atoms with Crippen molar-refractivity contribution in [2.45, 2.75) is 6.54 Å². The number of benzene rings is 1. The Labute approximate surface area is 95.8 Å². The van der Waals surface area contributed by atoms with E-state index < -0.39 is 0 Å². The van der Waals surface area contributed by atoms with E-state index in [-0.39, 0.29) is 6.54 Å². The quantitative estimate of drug-likeness (QED) is 0.867. The van der Waals surface area contributed by atoms with Crippen molar-refractivity contribution in [2.24, 2.45) is 5.73 Å². The lowest BCUT2D eigenvalue weighted by atomic mass is 10.3. The molecule has 2 aromatic rings. The number of aromatic nitrogens is 4. The molecule has 78 valence electrons. The summed E-state index contributed by atoms with van der Waals surface area (Å²) in [5.74, 6) is 0.527. The third kappa shape index (κ3) is 1.94. The second kappa shape index (κ2) is 4.14. The van der Waals surface area contributed by atoms with Gasteiger partial charge in [0.15, 0.2) is 5.82 Å². The van der Waals surface area contributed by atoms with E-state index in [1.165, 1.54) is 4.68 Å². The fourth-order valence-electron chi connectivity index (χ4n) is 1.17. The van der Waals surface area contributed by atoms with Gasteiger partial charge in [-0.05, 0) is 28.6 Å². The molecule has 5 nitrogen and oxygen atoms in total. The Morgan fingerprint density at radius 2 is 2.13 bits per heavy atom. The Morgan fingerprint density at radius 3 is 2.87 bits per heavy atom. The van der Waals surface area contributed by atoms with Crippen LogP contribution in [-0.2, 0) is 6.54 Å².